The van der Waals surface area contributed by atoms with Crippen molar-refractivity contribution >= 4 is 28.5 Å². The first kappa shape index (κ1) is 12.8. The molecule has 1 aromatic carbocycles. The Hall–Kier alpha value is -0.620. The van der Waals surface area contributed by atoms with E-state index in [9.17, 15) is 4.79 Å². The van der Waals surface area contributed by atoms with E-state index in [1.54, 1.807) is 0 Å². The quantitative estimate of drug-likeness (QED) is 0.834. The van der Waals surface area contributed by atoms with E-state index in [0.29, 0.717) is 6.04 Å². The number of hydrogen-bond donors (Lipinski definition) is 1. The van der Waals surface area contributed by atoms with Crippen LogP contribution in [0.15, 0.2) is 24.3 Å². The lowest BCUT2D eigenvalue weighted by molar-refractivity contribution is 0.0708. The minimum Gasteiger partial charge on any atom is -0.337 e. The molecule has 1 fully saturated rings. The van der Waals surface area contributed by atoms with Gasteiger partial charge in [-0.15, -0.1) is 0 Å². The van der Waals surface area contributed by atoms with Gasteiger partial charge in [0.05, 0.1) is 0 Å². The molecule has 92 valence electrons. The molecule has 2 rings (SSSR count). The number of halogens is 1. The molecule has 1 atom stereocenters. The molecular weight excluding hydrogens is 327 g/mol. The van der Waals surface area contributed by atoms with E-state index in [2.05, 4.69) is 27.9 Å². The number of nitrogens with one attached hydrogen (secondary N) is 1. The van der Waals surface area contributed by atoms with E-state index >= 15 is 0 Å². The summed E-state index contributed by atoms with van der Waals surface area (Å²) in [6.45, 7) is 1.98. The van der Waals surface area contributed by atoms with Gasteiger partial charge >= 0.3 is 0 Å². The number of amides is 1. The highest BCUT2D eigenvalue weighted by molar-refractivity contribution is 14.1. The summed E-state index contributed by atoms with van der Waals surface area (Å²) < 4.78 is 1.10. The summed E-state index contributed by atoms with van der Waals surface area (Å²) in [6, 6.07) is 8.09. The van der Waals surface area contributed by atoms with Crippen molar-refractivity contribution in [3.8, 4) is 0 Å². The summed E-state index contributed by atoms with van der Waals surface area (Å²) in [4.78, 5) is 14.2. The Morgan fingerprint density at radius 1 is 1.53 bits per heavy atom. The van der Waals surface area contributed by atoms with Gasteiger partial charge in [0.1, 0.15) is 0 Å². The Morgan fingerprint density at radius 2 is 2.35 bits per heavy atom. The number of benzene rings is 1. The molecule has 1 amide bonds. The van der Waals surface area contributed by atoms with Gasteiger partial charge in [-0.3, -0.25) is 4.79 Å². The number of carbonyl (C=O) groups is 1. The van der Waals surface area contributed by atoms with Crippen LogP contribution in [0.1, 0.15) is 23.2 Å². The Morgan fingerprint density at radius 3 is 3.00 bits per heavy atom. The third kappa shape index (κ3) is 3.19. The molecule has 4 heteroatoms. The SMILES string of the molecule is CN(C(=O)c1cccc(I)c1)[C@H]1CCCNC1. The number of hydrogen-bond acceptors (Lipinski definition) is 2. The summed E-state index contributed by atoms with van der Waals surface area (Å²) in [5, 5.41) is 3.34. The second kappa shape index (κ2) is 5.82. The summed E-state index contributed by atoms with van der Waals surface area (Å²) in [5.41, 5.74) is 0.782. The molecule has 1 heterocycles. The molecule has 17 heavy (non-hydrogen) atoms. The Kier molecular flexibility index (Phi) is 4.39. The highest BCUT2D eigenvalue weighted by atomic mass is 127. The molecule has 0 radical (unpaired) electrons. The van der Waals surface area contributed by atoms with E-state index < -0.39 is 0 Å². The number of carbonyl (C=O) groups excluding carboxylic acids is 1. The average molecular weight is 344 g/mol. The highest BCUT2D eigenvalue weighted by Gasteiger charge is 2.22. The largest absolute Gasteiger partial charge is 0.337 e. The van der Waals surface area contributed by atoms with Crippen LogP contribution in [0.4, 0.5) is 0 Å². The number of nitrogens with zero attached hydrogens (tertiary/aromatic N) is 1. The first-order chi connectivity index (χ1) is 8.18. The summed E-state index contributed by atoms with van der Waals surface area (Å²) in [5.74, 6) is 0.122. The third-order valence-corrected chi connectivity index (χ3v) is 3.88. The fraction of sp³-hybridized carbons (Fsp3) is 0.462. The van der Waals surface area contributed by atoms with E-state index in [4.69, 9.17) is 0 Å². The van der Waals surface area contributed by atoms with Gasteiger partial charge in [-0.2, -0.15) is 0 Å². The first-order valence-corrected chi connectivity index (χ1v) is 7.00. The molecule has 0 unspecified atom stereocenters. The van der Waals surface area contributed by atoms with Crippen molar-refractivity contribution in [2.75, 3.05) is 20.1 Å². The topological polar surface area (TPSA) is 32.3 Å². The maximum Gasteiger partial charge on any atom is 0.253 e. The minimum absolute atomic E-state index is 0.122. The Bertz CT molecular complexity index is 402. The predicted octanol–water partition coefficient (Wildman–Crippen LogP) is 2.12. The minimum atomic E-state index is 0.122. The molecular formula is C13H17IN2O. The van der Waals surface area contributed by atoms with Gasteiger partial charge in [-0.25, -0.2) is 0 Å². The smallest absolute Gasteiger partial charge is 0.253 e. The fourth-order valence-electron chi connectivity index (χ4n) is 2.15. The molecule has 1 N–H and O–H groups in total. The van der Waals surface area contributed by atoms with Crippen LogP contribution in [0.3, 0.4) is 0 Å². The molecule has 0 spiro atoms. The fourth-order valence-corrected chi connectivity index (χ4v) is 2.70. The third-order valence-electron chi connectivity index (χ3n) is 3.21. The molecule has 0 aromatic heterocycles. The van der Waals surface area contributed by atoms with Crippen molar-refractivity contribution in [2.45, 2.75) is 18.9 Å². The number of rotatable bonds is 2. The zero-order chi connectivity index (χ0) is 12.3. The van der Waals surface area contributed by atoms with Gasteiger partial charge in [0.25, 0.3) is 5.91 Å². The van der Waals surface area contributed by atoms with Crippen molar-refractivity contribution in [1.82, 2.24) is 10.2 Å². The van der Waals surface area contributed by atoms with E-state index in [1.807, 2.05) is 36.2 Å². The van der Waals surface area contributed by atoms with Crippen LogP contribution in [0, 0.1) is 3.57 Å². The molecule has 0 saturated carbocycles. The zero-order valence-electron chi connectivity index (χ0n) is 9.95. The zero-order valence-corrected chi connectivity index (χ0v) is 12.1. The van der Waals surface area contributed by atoms with E-state index in [-0.39, 0.29) is 5.91 Å². The maximum absolute atomic E-state index is 12.3. The summed E-state index contributed by atoms with van der Waals surface area (Å²) >= 11 is 2.23. The van der Waals surface area contributed by atoms with E-state index in [0.717, 1.165) is 35.1 Å². The second-order valence-electron chi connectivity index (χ2n) is 4.43. The van der Waals surface area contributed by atoms with Crippen molar-refractivity contribution in [3.63, 3.8) is 0 Å². The number of likely N-dealkylation sites (N-methyl/N-ethyl adjacent to an activating group) is 1. The van der Waals surface area contributed by atoms with Crippen LogP contribution >= 0.6 is 22.6 Å². The Balaban J connectivity index is 2.08. The molecule has 1 saturated heterocycles. The van der Waals surface area contributed by atoms with E-state index in [1.165, 1.54) is 0 Å². The van der Waals surface area contributed by atoms with Gasteiger partial charge in [0.15, 0.2) is 0 Å². The average Bonchev–Trinajstić information content (AvgIpc) is 2.38. The van der Waals surface area contributed by atoms with Crippen LogP contribution in [0.25, 0.3) is 0 Å². The first-order valence-electron chi connectivity index (χ1n) is 5.92. The lowest BCUT2D eigenvalue weighted by Crippen LogP contribution is -2.46. The van der Waals surface area contributed by atoms with Gasteiger partial charge in [-0.05, 0) is 60.2 Å². The highest BCUT2D eigenvalue weighted by Crippen LogP contribution is 2.14. The van der Waals surface area contributed by atoms with Crippen molar-refractivity contribution in [1.29, 1.82) is 0 Å². The molecule has 1 aliphatic heterocycles. The molecule has 0 aliphatic carbocycles. The van der Waals surface area contributed by atoms with Crippen molar-refractivity contribution in [3.05, 3.63) is 33.4 Å². The van der Waals surface area contributed by atoms with Gasteiger partial charge < -0.3 is 10.2 Å². The van der Waals surface area contributed by atoms with Crippen LogP contribution in [-0.2, 0) is 0 Å². The van der Waals surface area contributed by atoms with Crippen molar-refractivity contribution < 1.29 is 4.79 Å². The number of piperidine rings is 1. The maximum atomic E-state index is 12.3. The normalized spacial score (nSPS) is 20.0. The van der Waals surface area contributed by atoms with Crippen LogP contribution in [0.5, 0.6) is 0 Å². The standard InChI is InChI=1S/C13H17IN2O/c1-16(12-6-3-7-15-9-12)13(17)10-4-2-5-11(14)8-10/h2,4-5,8,12,15H,3,6-7,9H2,1H3/t12-/m0/s1. The molecule has 1 aliphatic rings. The van der Waals surface area contributed by atoms with Crippen molar-refractivity contribution in [2.24, 2.45) is 0 Å². The van der Waals surface area contributed by atoms with Gasteiger partial charge in [-0.1, -0.05) is 6.07 Å². The monoisotopic (exact) mass is 344 g/mol. The van der Waals surface area contributed by atoms with Crippen LogP contribution in [0.2, 0.25) is 0 Å². The molecule has 1 aromatic rings. The molecule has 0 bridgehead atoms. The molecule has 3 nitrogen and oxygen atoms in total. The van der Waals surface area contributed by atoms with Gasteiger partial charge in [0, 0.05) is 28.8 Å². The predicted molar refractivity (Wildman–Crippen MR) is 77.1 cm³/mol. The van der Waals surface area contributed by atoms with Gasteiger partial charge in [0.2, 0.25) is 0 Å². The second-order valence-corrected chi connectivity index (χ2v) is 5.67. The Labute approximate surface area is 116 Å². The summed E-state index contributed by atoms with van der Waals surface area (Å²) in [7, 11) is 1.90. The lowest BCUT2D eigenvalue weighted by atomic mass is 10.1. The lowest BCUT2D eigenvalue weighted by Gasteiger charge is -2.31. The van der Waals surface area contributed by atoms with Crippen LogP contribution in [-0.4, -0.2) is 37.0 Å². The summed E-state index contributed by atoms with van der Waals surface area (Å²) in [6.07, 6.45) is 2.24. The van der Waals surface area contributed by atoms with Crippen LogP contribution < -0.4 is 5.32 Å².